The lowest BCUT2D eigenvalue weighted by Gasteiger charge is -2.29. The van der Waals surface area contributed by atoms with Crippen LogP contribution in [-0.2, 0) is 4.79 Å². The first-order valence-corrected chi connectivity index (χ1v) is 9.37. The molecule has 0 radical (unpaired) electrons. The van der Waals surface area contributed by atoms with Crippen molar-refractivity contribution in [1.29, 1.82) is 0 Å². The Hall–Kier alpha value is -3.71. The first kappa shape index (κ1) is 19.6. The van der Waals surface area contributed by atoms with Crippen molar-refractivity contribution in [2.24, 2.45) is 0 Å². The largest absolute Gasteiger partial charge is 0.323 e. The number of amides is 3. The third-order valence-corrected chi connectivity index (χ3v) is 4.81. The maximum Gasteiger partial charge on any atom is 0.258 e. The first-order valence-electron chi connectivity index (χ1n) is 8.99. The van der Waals surface area contributed by atoms with Crippen LogP contribution in [-0.4, -0.2) is 24.3 Å². The van der Waals surface area contributed by atoms with Crippen LogP contribution in [0, 0.1) is 5.82 Å². The molecule has 150 valence electrons. The van der Waals surface area contributed by atoms with Gasteiger partial charge in [-0.05, 0) is 54.6 Å². The summed E-state index contributed by atoms with van der Waals surface area (Å²) in [5.74, 6) is -1.98. The molecule has 0 atom stereocenters. The van der Waals surface area contributed by atoms with Gasteiger partial charge in [-0.2, -0.15) is 0 Å². The molecule has 1 aliphatic heterocycles. The number of carbonyl (C=O) groups is 3. The number of carbonyl (C=O) groups excluding carboxylic acids is 3. The van der Waals surface area contributed by atoms with Crippen LogP contribution in [0.4, 0.5) is 21.5 Å². The molecule has 0 fully saturated rings. The Labute approximate surface area is 176 Å². The van der Waals surface area contributed by atoms with E-state index in [1.54, 1.807) is 24.3 Å². The van der Waals surface area contributed by atoms with E-state index in [9.17, 15) is 18.8 Å². The number of anilines is 3. The number of halogens is 2. The van der Waals surface area contributed by atoms with Crippen molar-refractivity contribution in [2.75, 3.05) is 22.1 Å². The molecule has 4 rings (SSSR count). The van der Waals surface area contributed by atoms with Crippen LogP contribution in [0.5, 0.6) is 0 Å². The number of hydrogen-bond acceptors (Lipinski definition) is 3. The van der Waals surface area contributed by atoms with Gasteiger partial charge in [0.2, 0.25) is 5.91 Å². The summed E-state index contributed by atoms with van der Waals surface area (Å²) in [5.41, 5.74) is 1.71. The third-order valence-electron chi connectivity index (χ3n) is 4.58. The Morgan fingerprint density at radius 2 is 1.77 bits per heavy atom. The average molecular weight is 424 g/mol. The minimum Gasteiger partial charge on any atom is -0.323 e. The van der Waals surface area contributed by atoms with Crippen molar-refractivity contribution in [1.82, 2.24) is 0 Å². The predicted octanol–water partition coefficient (Wildman–Crippen LogP) is 4.33. The Morgan fingerprint density at radius 1 is 1.03 bits per heavy atom. The zero-order valence-electron chi connectivity index (χ0n) is 15.5. The second-order valence-electron chi connectivity index (χ2n) is 6.61. The number of nitrogens with one attached hydrogen (secondary N) is 2. The molecule has 0 spiro atoms. The van der Waals surface area contributed by atoms with E-state index in [-0.39, 0.29) is 28.9 Å². The van der Waals surface area contributed by atoms with Crippen LogP contribution in [0.1, 0.15) is 20.7 Å². The molecule has 0 unspecified atom stereocenters. The van der Waals surface area contributed by atoms with E-state index in [1.165, 1.54) is 41.3 Å². The molecular weight excluding hydrogens is 409 g/mol. The van der Waals surface area contributed by atoms with Crippen LogP contribution >= 0.6 is 11.6 Å². The van der Waals surface area contributed by atoms with Gasteiger partial charge >= 0.3 is 0 Å². The molecule has 0 bridgehead atoms. The van der Waals surface area contributed by atoms with Crippen LogP contribution < -0.4 is 15.5 Å². The highest BCUT2D eigenvalue weighted by molar-refractivity contribution is 6.31. The Balaban J connectivity index is 1.53. The molecule has 0 saturated heterocycles. The Kier molecular flexibility index (Phi) is 5.20. The molecule has 3 aromatic rings. The lowest BCUT2D eigenvalue weighted by molar-refractivity contribution is -0.115. The summed E-state index contributed by atoms with van der Waals surface area (Å²) in [4.78, 5) is 38.6. The van der Waals surface area contributed by atoms with Crippen molar-refractivity contribution >= 4 is 46.4 Å². The van der Waals surface area contributed by atoms with E-state index < -0.39 is 11.7 Å². The van der Waals surface area contributed by atoms with Gasteiger partial charge in [-0.15, -0.1) is 0 Å². The standard InChI is InChI=1S/C22H15ClFN3O3/c23-14-7-10-17(24)16(11-14)21(29)25-15-8-5-13(6-9-15)22(30)27-12-20(28)26-18-3-1-2-4-19(18)27/h1-11H,12H2,(H,25,29)(H,26,28). The zero-order chi connectivity index (χ0) is 21.3. The maximum atomic E-state index is 13.8. The van der Waals surface area contributed by atoms with Crippen molar-refractivity contribution in [3.63, 3.8) is 0 Å². The topological polar surface area (TPSA) is 78.5 Å². The number of nitrogens with zero attached hydrogens (tertiary/aromatic N) is 1. The van der Waals surface area contributed by atoms with Gasteiger partial charge in [-0.25, -0.2) is 4.39 Å². The highest BCUT2D eigenvalue weighted by Crippen LogP contribution is 2.30. The lowest BCUT2D eigenvalue weighted by Crippen LogP contribution is -2.42. The number of para-hydroxylation sites is 2. The van der Waals surface area contributed by atoms with Crippen LogP contribution in [0.15, 0.2) is 66.7 Å². The fraction of sp³-hybridized carbons (Fsp3) is 0.0455. The molecule has 30 heavy (non-hydrogen) atoms. The summed E-state index contributed by atoms with van der Waals surface area (Å²) < 4.78 is 13.8. The van der Waals surface area contributed by atoms with E-state index >= 15 is 0 Å². The van der Waals surface area contributed by atoms with Gasteiger partial charge in [0.05, 0.1) is 16.9 Å². The van der Waals surface area contributed by atoms with Gasteiger partial charge in [0.15, 0.2) is 0 Å². The number of fused-ring (bicyclic) bond motifs is 1. The van der Waals surface area contributed by atoms with Gasteiger partial charge in [0.25, 0.3) is 11.8 Å². The van der Waals surface area contributed by atoms with Gasteiger partial charge in [-0.1, -0.05) is 23.7 Å². The summed E-state index contributed by atoms with van der Waals surface area (Å²) in [6, 6.07) is 16.9. The molecule has 1 heterocycles. The second-order valence-corrected chi connectivity index (χ2v) is 7.05. The number of hydrogen-bond donors (Lipinski definition) is 2. The number of benzene rings is 3. The van der Waals surface area contributed by atoms with Crippen LogP contribution in [0.2, 0.25) is 5.02 Å². The fourth-order valence-electron chi connectivity index (χ4n) is 3.14. The lowest BCUT2D eigenvalue weighted by atomic mass is 10.1. The van der Waals surface area contributed by atoms with Gasteiger partial charge in [0.1, 0.15) is 12.4 Å². The molecular formula is C22H15ClFN3O3. The summed E-state index contributed by atoms with van der Waals surface area (Å²) in [7, 11) is 0. The van der Waals surface area contributed by atoms with Crippen molar-refractivity contribution < 1.29 is 18.8 Å². The van der Waals surface area contributed by atoms with E-state index in [1.807, 2.05) is 0 Å². The van der Waals surface area contributed by atoms with Crippen LogP contribution in [0.25, 0.3) is 0 Å². The van der Waals surface area contributed by atoms with E-state index in [0.717, 1.165) is 6.07 Å². The third kappa shape index (κ3) is 3.88. The smallest absolute Gasteiger partial charge is 0.258 e. The van der Waals surface area contributed by atoms with Crippen LogP contribution in [0.3, 0.4) is 0 Å². The average Bonchev–Trinajstić information content (AvgIpc) is 2.74. The highest BCUT2D eigenvalue weighted by Gasteiger charge is 2.27. The quantitative estimate of drug-likeness (QED) is 0.658. The van der Waals surface area contributed by atoms with Gasteiger partial charge < -0.3 is 10.6 Å². The summed E-state index contributed by atoms with van der Waals surface area (Å²) in [6.45, 7) is -0.0949. The Bertz CT molecular complexity index is 1160. The highest BCUT2D eigenvalue weighted by atomic mass is 35.5. The summed E-state index contributed by atoms with van der Waals surface area (Å²) in [5, 5.41) is 5.54. The fourth-order valence-corrected chi connectivity index (χ4v) is 3.31. The van der Waals surface area contributed by atoms with Gasteiger partial charge in [-0.3, -0.25) is 19.3 Å². The minimum atomic E-state index is -0.689. The molecule has 0 aromatic heterocycles. The molecule has 3 amide bonds. The van der Waals surface area contributed by atoms with Crippen molar-refractivity contribution in [2.45, 2.75) is 0 Å². The van der Waals surface area contributed by atoms with E-state index in [0.29, 0.717) is 22.6 Å². The zero-order valence-corrected chi connectivity index (χ0v) is 16.2. The summed E-state index contributed by atoms with van der Waals surface area (Å²) in [6.07, 6.45) is 0. The van der Waals surface area contributed by atoms with E-state index in [4.69, 9.17) is 11.6 Å². The van der Waals surface area contributed by atoms with Crippen molar-refractivity contribution in [3.8, 4) is 0 Å². The first-order chi connectivity index (χ1) is 14.4. The molecule has 2 N–H and O–H groups in total. The normalized spacial score (nSPS) is 12.7. The molecule has 0 aliphatic carbocycles. The molecule has 8 heteroatoms. The van der Waals surface area contributed by atoms with E-state index in [2.05, 4.69) is 10.6 Å². The molecule has 3 aromatic carbocycles. The molecule has 6 nitrogen and oxygen atoms in total. The number of rotatable bonds is 3. The Morgan fingerprint density at radius 3 is 2.53 bits per heavy atom. The maximum absolute atomic E-state index is 13.8. The predicted molar refractivity (Wildman–Crippen MR) is 113 cm³/mol. The monoisotopic (exact) mass is 423 g/mol. The van der Waals surface area contributed by atoms with Gasteiger partial charge in [0, 0.05) is 16.3 Å². The molecule has 1 aliphatic rings. The SMILES string of the molecule is O=C1CN(C(=O)c2ccc(NC(=O)c3cc(Cl)ccc3F)cc2)c2ccccc2N1. The summed E-state index contributed by atoms with van der Waals surface area (Å²) >= 11 is 5.82. The second kappa shape index (κ2) is 7.96. The van der Waals surface area contributed by atoms with Crippen molar-refractivity contribution in [3.05, 3.63) is 88.7 Å². The molecule has 0 saturated carbocycles. The minimum absolute atomic E-state index is 0.0949.